The first-order chi connectivity index (χ1) is 8.56. The molecule has 0 spiro atoms. The molecule has 0 radical (unpaired) electrons. The highest BCUT2D eigenvalue weighted by molar-refractivity contribution is 9.11. The lowest BCUT2D eigenvalue weighted by Gasteiger charge is -2.07. The van der Waals surface area contributed by atoms with Gasteiger partial charge in [0.2, 0.25) is 0 Å². The van der Waals surface area contributed by atoms with Crippen molar-refractivity contribution >= 4 is 38.9 Å². The third kappa shape index (κ3) is 3.08. The molecular formula is C12H9BrFNO2S. The number of anilines is 1. The van der Waals surface area contributed by atoms with Crippen molar-refractivity contribution in [1.82, 2.24) is 0 Å². The third-order valence-corrected chi connectivity index (χ3v) is 3.92. The number of carboxylic acid groups (broad SMARTS) is 1. The van der Waals surface area contributed by atoms with Crippen LogP contribution in [-0.4, -0.2) is 11.1 Å². The van der Waals surface area contributed by atoms with E-state index in [-0.39, 0.29) is 11.3 Å². The van der Waals surface area contributed by atoms with Crippen LogP contribution >= 0.6 is 27.3 Å². The molecule has 0 saturated carbocycles. The number of carbonyl (C=O) groups is 1. The van der Waals surface area contributed by atoms with Crippen LogP contribution in [0.4, 0.5) is 10.1 Å². The van der Waals surface area contributed by atoms with Crippen LogP contribution in [0, 0.1) is 5.82 Å². The van der Waals surface area contributed by atoms with Gasteiger partial charge in [0.15, 0.2) is 0 Å². The fourth-order valence-corrected chi connectivity index (χ4v) is 2.85. The molecule has 2 rings (SSSR count). The second-order valence-electron chi connectivity index (χ2n) is 3.56. The molecule has 0 saturated heterocycles. The zero-order valence-electron chi connectivity index (χ0n) is 9.11. The first kappa shape index (κ1) is 13.0. The fourth-order valence-electron chi connectivity index (χ4n) is 1.42. The van der Waals surface area contributed by atoms with Crippen molar-refractivity contribution in [2.24, 2.45) is 0 Å². The largest absolute Gasteiger partial charge is 0.478 e. The number of carboxylic acids is 1. The molecule has 0 aliphatic heterocycles. The van der Waals surface area contributed by atoms with E-state index in [4.69, 9.17) is 5.11 Å². The fraction of sp³-hybridized carbons (Fsp3) is 0.0833. The summed E-state index contributed by atoms with van der Waals surface area (Å²) in [6, 6.07) is 7.51. The smallest absolute Gasteiger partial charge is 0.335 e. The Morgan fingerprint density at radius 2 is 2.17 bits per heavy atom. The maximum atomic E-state index is 13.5. The quantitative estimate of drug-likeness (QED) is 0.892. The maximum Gasteiger partial charge on any atom is 0.335 e. The lowest BCUT2D eigenvalue weighted by Crippen LogP contribution is -2.03. The molecule has 0 aliphatic carbocycles. The van der Waals surface area contributed by atoms with Crippen LogP contribution in [0.1, 0.15) is 15.2 Å². The summed E-state index contributed by atoms with van der Waals surface area (Å²) in [5, 5.41) is 11.7. The van der Waals surface area contributed by atoms with Gasteiger partial charge in [0.25, 0.3) is 0 Å². The molecule has 2 N–H and O–H groups in total. The summed E-state index contributed by atoms with van der Waals surface area (Å²) >= 11 is 4.88. The van der Waals surface area contributed by atoms with Crippen molar-refractivity contribution in [3.63, 3.8) is 0 Å². The lowest BCUT2D eigenvalue weighted by molar-refractivity contribution is 0.0697. The van der Waals surface area contributed by atoms with E-state index in [0.29, 0.717) is 6.54 Å². The Bertz CT molecular complexity index is 585. The lowest BCUT2D eigenvalue weighted by atomic mass is 10.2. The zero-order chi connectivity index (χ0) is 13.1. The van der Waals surface area contributed by atoms with E-state index < -0.39 is 11.8 Å². The van der Waals surface area contributed by atoms with E-state index in [9.17, 15) is 9.18 Å². The zero-order valence-corrected chi connectivity index (χ0v) is 11.5. The Labute approximate surface area is 115 Å². The Kier molecular flexibility index (Phi) is 3.98. The molecule has 3 nitrogen and oxygen atoms in total. The number of benzene rings is 1. The molecule has 0 fully saturated rings. The first-order valence-corrected chi connectivity index (χ1v) is 6.68. The van der Waals surface area contributed by atoms with Crippen molar-refractivity contribution in [3.05, 3.63) is 50.4 Å². The minimum Gasteiger partial charge on any atom is -0.478 e. The topological polar surface area (TPSA) is 49.3 Å². The average molecular weight is 330 g/mol. The molecule has 18 heavy (non-hydrogen) atoms. The molecule has 0 aliphatic rings. The summed E-state index contributed by atoms with van der Waals surface area (Å²) in [6.45, 7) is 0.455. The van der Waals surface area contributed by atoms with Gasteiger partial charge in [0.1, 0.15) is 5.82 Å². The molecule has 0 unspecified atom stereocenters. The SMILES string of the molecule is O=C(O)c1ccc(F)c(NCc2ccc(Br)s2)c1. The molecular weight excluding hydrogens is 321 g/mol. The van der Waals surface area contributed by atoms with Gasteiger partial charge < -0.3 is 10.4 Å². The number of hydrogen-bond acceptors (Lipinski definition) is 3. The second-order valence-corrected chi connectivity index (χ2v) is 6.11. The van der Waals surface area contributed by atoms with Crippen LogP contribution in [-0.2, 0) is 6.54 Å². The Hall–Kier alpha value is -1.40. The maximum absolute atomic E-state index is 13.5. The summed E-state index contributed by atoms with van der Waals surface area (Å²) in [7, 11) is 0. The number of hydrogen-bond donors (Lipinski definition) is 2. The predicted octanol–water partition coefficient (Wildman–Crippen LogP) is 3.96. The van der Waals surface area contributed by atoms with Crippen LogP contribution in [0.25, 0.3) is 0 Å². The standard InChI is InChI=1S/C12H9BrFNO2S/c13-11-4-2-8(18-11)6-15-10-5-7(12(16)17)1-3-9(10)14/h1-5,15H,6H2,(H,16,17). The molecule has 1 aromatic heterocycles. The van der Waals surface area contributed by atoms with Gasteiger partial charge in [0, 0.05) is 11.4 Å². The highest BCUT2D eigenvalue weighted by Gasteiger charge is 2.08. The first-order valence-electron chi connectivity index (χ1n) is 5.07. The van der Waals surface area contributed by atoms with Gasteiger partial charge in [-0.3, -0.25) is 0 Å². The van der Waals surface area contributed by atoms with Crippen LogP contribution in [0.15, 0.2) is 34.1 Å². The minimum atomic E-state index is -1.07. The summed E-state index contributed by atoms with van der Waals surface area (Å²) in [5.74, 6) is -1.53. The van der Waals surface area contributed by atoms with Crippen molar-refractivity contribution in [2.45, 2.75) is 6.54 Å². The highest BCUT2D eigenvalue weighted by Crippen LogP contribution is 2.24. The van der Waals surface area contributed by atoms with Crippen LogP contribution in [0.2, 0.25) is 0 Å². The monoisotopic (exact) mass is 329 g/mol. The second kappa shape index (κ2) is 5.49. The molecule has 0 amide bonds. The van der Waals surface area contributed by atoms with Crippen molar-refractivity contribution in [1.29, 1.82) is 0 Å². The number of thiophene rings is 1. The van der Waals surface area contributed by atoms with Crippen molar-refractivity contribution < 1.29 is 14.3 Å². The van der Waals surface area contributed by atoms with Gasteiger partial charge in [-0.15, -0.1) is 11.3 Å². The molecule has 0 bridgehead atoms. The van der Waals surface area contributed by atoms with Crippen molar-refractivity contribution in [2.75, 3.05) is 5.32 Å². The highest BCUT2D eigenvalue weighted by atomic mass is 79.9. The molecule has 1 aromatic carbocycles. The number of rotatable bonds is 4. The van der Waals surface area contributed by atoms with Gasteiger partial charge >= 0.3 is 5.97 Å². The van der Waals surface area contributed by atoms with Gasteiger partial charge in [0.05, 0.1) is 15.0 Å². The molecule has 94 valence electrons. The predicted molar refractivity (Wildman–Crippen MR) is 72.7 cm³/mol. The van der Waals surface area contributed by atoms with Gasteiger partial charge in [-0.25, -0.2) is 9.18 Å². The minimum absolute atomic E-state index is 0.0614. The Morgan fingerprint density at radius 3 is 2.78 bits per heavy atom. The van der Waals surface area contributed by atoms with E-state index in [1.54, 1.807) is 0 Å². The van der Waals surface area contributed by atoms with Crippen LogP contribution < -0.4 is 5.32 Å². The summed E-state index contributed by atoms with van der Waals surface area (Å²) in [6.07, 6.45) is 0. The van der Waals surface area contributed by atoms with Crippen LogP contribution in [0.5, 0.6) is 0 Å². The molecule has 0 atom stereocenters. The van der Waals surface area contributed by atoms with Gasteiger partial charge in [-0.05, 0) is 46.3 Å². The van der Waals surface area contributed by atoms with Crippen molar-refractivity contribution in [3.8, 4) is 0 Å². The Balaban J connectivity index is 2.13. The van der Waals surface area contributed by atoms with Crippen LogP contribution in [0.3, 0.4) is 0 Å². The number of aromatic carboxylic acids is 1. The molecule has 2 aromatic rings. The normalized spacial score (nSPS) is 10.3. The van der Waals surface area contributed by atoms with E-state index in [0.717, 1.165) is 14.7 Å². The average Bonchev–Trinajstić information content (AvgIpc) is 2.74. The van der Waals surface area contributed by atoms with E-state index in [1.165, 1.54) is 23.5 Å². The van der Waals surface area contributed by atoms with Gasteiger partial charge in [-0.1, -0.05) is 0 Å². The molecule has 1 heterocycles. The molecule has 6 heteroatoms. The summed E-state index contributed by atoms with van der Waals surface area (Å²) < 4.78 is 14.5. The van der Waals surface area contributed by atoms with E-state index >= 15 is 0 Å². The summed E-state index contributed by atoms with van der Waals surface area (Å²) in [4.78, 5) is 11.8. The number of nitrogens with one attached hydrogen (secondary N) is 1. The van der Waals surface area contributed by atoms with E-state index in [2.05, 4.69) is 21.2 Å². The number of halogens is 2. The summed E-state index contributed by atoms with van der Waals surface area (Å²) in [5.41, 5.74) is 0.255. The Morgan fingerprint density at radius 1 is 1.39 bits per heavy atom. The van der Waals surface area contributed by atoms with Gasteiger partial charge in [-0.2, -0.15) is 0 Å². The van der Waals surface area contributed by atoms with E-state index in [1.807, 2.05) is 12.1 Å². The third-order valence-electron chi connectivity index (χ3n) is 2.30.